The standard InChI is InChI=1S/C26H29FN8O4/c1-28-9-18-30-17-8-15-6-14(7-16(15)21(27)22(17)31-18)11-34-4-2-26(3-5-34)13-35(25(37)39-26)19-10-29-24-23(32-19)33-20(36)12-38-24/h8,10,14,28H,2-7,9,11-13H2,1H3,(H,30,31)(H,32,33,36)/t14-/m0/s1. The molecule has 2 amide bonds. The van der Waals surface area contributed by atoms with Crippen molar-refractivity contribution in [1.82, 2.24) is 30.2 Å². The van der Waals surface area contributed by atoms with E-state index in [1.54, 1.807) is 0 Å². The van der Waals surface area contributed by atoms with Gasteiger partial charge in [-0.05, 0) is 43.0 Å². The number of halogens is 1. The lowest BCUT2D eigenvalue weighted by molar-refractivity contribution is -0.118. The Bertz CT molecular complexity index is 1480. The first kappa shape index (κ1) is 24.2. The van der Waals surface area contributed by atoms with E-state index in [0.29, 0.717) is 55.1 Å². The highest BCUT2D eigenvalue weighted by Gasteiger charge is 2.48. The molecule has 2 fully saturated rings. The number of hydrogen-bond donors (Lipinski definition) is 3. The average Bonchev–Trinajstić information content (AvgIpc) is 3.61. The van der Waals surface area contributed by atoms with Crippen LogP contribution in [0.3, 0.4) is 0 Å². The van der Waals surface area contributed by atoms with Gasteiger partial charge in [-0.3, -0.25) is 9.69 Å². The molecule has 13 heteroatoms. The third-order valence-electron chi connectivity index (χ3n) is 8.16. The van der Waals surface area contributed by atoms with Crippen LogP contribution in [-0.4, -0.2) is 82.3 Å². The Balaban J connectivity index is 0.980. The van der Waals surface area contributed by atoms with Crippen LogP contribution in [0.15, 0.2) is 12.3 Å². The zero-order valence-electron chi connectivity index (χ0n) is 21.6. The lowest BCUT2D eigenvalue weighted by Gasteiger charge is -2.38. The van der Waals surface area contributed by atoms with Gasteiger partial charge in [-0.25, -0.2) is 24.1 Å². The molecule has 0 saturated carbocycles. The average molecular weight is 537 g/mol. The van der Waals surface area contributed by atoms with Gasteiger partial charge in [-0.2, -0.15) is 0 Å². The molecule has 3 aliphatic heterocycles. The first-order valence-corrected chi connectivity index (χ1v) is 13.3. The summed E-state index contributed by atoms with van der Waals surface area (Å²) in [6.45, 7) is 3.26. The molecule has 0 radical (unpaired) electrons. The van der Waals surface area contributed by atoms with Gasteiger partial charge < -0.3 is 30.0 Å². The van der Waals surface area contributed by atoms with E-state index in [1.807, 2.05) is 13.1 Å². The van der Waals surface area contributed by atoms with Crippen molar-refractivity contribution in [2.45, 2.75) is 37.8 Å². The van der Waals surface area contributed by atoms with Crippen molar-refractivity contribution in [3.05, 3.63) is 35.0 Å². The summed E-state index contributed by atoms with van der Waals surface area (Å²) in [6, 6.07) is 2.03. The van der Waals surface area contributed by atoms with Crippen LogP contribution in [0.25, 0.3) is 11.0 Å². The summed E-state index contributed by atoms with van der Waals surface area (Å²) in [4.78, 5) is 44.5. The lowest BCUT2D eigenvalue weighted by Crippen LogP contribution is -2.48. The van der Waals surface area contributed by atoms with Crippen molar-refractivity contribution in [1.29, 1.82) is 0 Å². The highest BCUT2D eigenvalue weighted by atomic mass is 19.1. The highest BCUT2D eigenvalue weighted by Crippen LogP contribution is 2.38. The molecule has 5 heterocycles. The topological polar surface area (TPSA) is 138 Å². The summed E-state index contributed by atoms with van der Waals surface area (Å²) >= 11 is 0. The SMILES string of the molecule is CNCc1nc2cc3c(c(F)c2[nH]1)C[C@@H](CN1CCC2(CC1)CN(c1cnc4c(n1)NC(=O)CO4)C(=O)O2)C3. The molecular formula is C26H29FN8O4. The Kier molecular flexibility index (Phi) is 5.67. The second kappa shape index (κ2) is 9.12. The number of ether oxygens (including phenoxy) is 2. The number of imidazole rings is 1. The van der Waals surface area contributed by atoms with Gasteiger partial charge >= 0.3 is 6.09 Å². The molecule has 2 aromatic heterocycles. The molecule has 3 N–H and O–H groups in total. The highest BCUT2D eigenvalue weighted by molar-refractivity contribution is 5.94. The van der Waals surface area contributed by atoms with Crippen molar-refractivity contribution >= 4 is 34.7 Å². The summed E-state index contributed by atoms with van der Waals surface area (Å²) in [5, 5.41) is 5.66. The number of aromatic nitrogens is 4. The summed E-state index contributed by atoms with van der Waals surface area (Å²) in [6.07, 6.45) is 3.92. The number of benzene rings is 1. The molecule has 39 heavy (non-hydrogen) atoms. The smallest absolute Gasteiger partial charge is 0.416 e. The van der Waals surface area contributed by atoms with Gasteiger partial charge in [0.05, 0.1) is 24.8 Å². The van der Waals surface area contributed by atoms with Crippen LogP contribution < -0.4 is 20.3 Å². The maximum atomic E-state index is 15.3. The summed E-state index contributed by atoms with van der Waals surface area (Å²) < 4.78 is 26.4. The number of nitrogens with one attached hydrogen (secondary N) is 3. The van der Waals surface area contributed by atoms with Gasteiger partial charge in [-0.15, -0.1) is 0 Å². The molecule has 1 aromatic carbocycles. The number of fused-ring (bicyclic) bond motifs is 3. The van der Waals surface area contributed by atoms with Crippen molar-refractivity contribution in [3.8, 4) is 5.88 Å². The Morgan fingerprint density at radius 1 is 1.23 bits per heavy atom. The van der Waals surface area contributed by atoms with Gasteiger partial charge in [0.1, 0.15) is 16.9 Å². The van der Waals surface area contributed by atoms with Crippen LogP contribution in [0.1, 0.15) is 29.8 Å². The van der Waals surface area contributed by atoms with Gasteiger partial charge in [0.15, 0.2) is 24.1 Å². The molecule has 1 spiro atoms. The number of amides is 2. The number of carbonyl (C=O) groups excluding carboxylic acids is 2. The van der Waals surface area contributed by atoms with E-state index >= 15 is 4.39 Å². The maximum absolute atomic E-state index is 15.3. The monoisotopic (exact) mass is 536 g/mol. The Labute approximate surface area is 223 Å². The third kappa shape index (κ3) is 4.25. The van der Waals surface area contributed by atoms with Gasteiger partial charge in [0.2, 0.25) is 0 Å². The van der Waals surface area contributed by atoms with E-state index in [2.05, 4.69) is 35.5 Å². The minimum Gasteiger partial charge on any atom is -0.465 e. The molecule has 204 valence electrons. The Morgan fingerprint density at radius 2 is 2.08 bits per heavy atom. The zero-order chi connectivity index (χ0) is 26.7. The predicted molar refractivity (Wildman–Crippen MR) is 138 cm³/mol. The van der Waals surface area contributed by atoms with Crippen molar-refractivity contribution in [3.63, 3.8) is 0 Å². The lowest BCUT2D eigenvalue weighted by atomic mass is 9.90. The minimum absolute atomic E-state index is 0.111. The van der Waals surface area contributed by atoms with Crippen molar-refractivity contribution in [2.75, 3.05) is 50.1 Å². The van der Waals surface area contributed by atoms with E-state index in [4.69, 9.17) is 9.47 Å². The van der Waals surface area contributed by atoms with Gasteiger partial charge in [-0.1, -0.05) is 0 Å². The molecule has 12 nitrogen and oxygen atoms in total. The Morgan fingerprint density at radius 3 is 2.90 bits per heavy atom. The van der Waals surface area contributed by atoms with Crippen LogP contribution >= 0.6 is 0 Å². The number of anilines is 2. The fraction of sp³-hybridized carbons (Fsp3) is 0.500. The molecule has 0 unspecified atom stereocenters. The van der Waals surface area contributed by atoms with E-state index in [0.717, 1.165) is 43.0 Å². The quantitative estimate of drug-likeness (QED) is 0.445. The normalized spacial score (nSPS) is 22.1. The van der Waals surface area contributed by atoms with Crippen molar-refractivity contribution in [2.24, 2.45) is 5.92 Å². The molecule has 3 aromatic rings. The van der Waals surface area contributed by atoms with E-state index in [9.17, 15) is 9.59 Å². The van der Waals surface area contributed by atoms with Gasteiger partial charge in [0.25, 0.3) is 11.8 Å². The zero-order valence-corrected chi connectivity index (χ0v) is 21.6. The van der Waals surface area contributed by atoms with E-state index in [1.165, 1.54) is 11.1 Å². The van der Waals surface area contributed by atoms with Crippen molar-refractivity contribution < 1.29 is 23.5 Å². The summed E-state index contributed by atoms with van der Waals surface area (Å²) in [5.41, 5.74) is 2.43. The summed E-state index contributed by atoms with van der Waals surface area (Å²) in [7, 11) is 1.84. The molecule has 1 atom stereocenters. The van der Waals surface area contributed by atoms with Crippen LogP contribution in [0.2, 0.25) is 0 Å². The predicted octanol–water partition coefficient (Wildman–Crippen LogP) is 1.75. The molecule has 4 aliphatic rings. The van der Waals surface area contributed by atoms with Crippen LogP contribution in [0.4, 0.5) is 20.8 Å². The second-order valence-corrected chi connectivity index (χ2v) is 10.9. The Hall–Kier alpha value is -3.84. The fourth-order valence-electron chi connectivity index (χ4n) is 6.26. The molecule has 7 rings (SSSR count). The number of nitrogens with zero attached hydrogens (tertiary/aromatic N) is 5. The first-order chi connectivity index (χ1) is 18.9. The maximum Gasteiger partial charge on any atom is 0.416 e. The number of H-pyrrole nitrogens is 1. The number of piperidine rings is 1. The first-order valence-electron chi connectivity index (χ1n) is 13.3. The number of aromatic amines is 1. The number of hydrogen-bond acceptors (Lipinski definition) is 9. The largest absolute Gasteiger partial charge is 0.465 e. The number of rotatable bonds is 5. The van der Waals surface area contributed by atoms with Crippen LogP contribution in [0.5, 0.6) is 5.88 Å². The number of carbonyl (C=O) groups is 2. The number of likely N-dealkylation sites (tertiary alicyclic amines) is 1. The fourth-order valence-corrected chi connectivity index (χ4v) is 6.26. The van der Waals surface area contributed by atoms with E-state index in [-0.39, 0.29) is 30.0 Å². The second-order valence-electron chi connectivity index (χ2n) is 10.9. The molecule has 1 aliphatic carbocycles. The molecule has 0 bridgehead atoms. The third-order valence-corrected chi connectivity index (χ3v) is 8.16. The van der Waals surface area contributed by atoms with E-state index < -0.39 is 11.7 Å². The molecular weight excluding hydrogens is 507 g/mol. The molecule has 2 saturated heterocycles. The van der Waals surface area contributed by atoms with Crippen LogP contribution in [0, 0.1) is 11.7 Å². The van der Waals surface area contributed by atoms with Crippen LogP contribution in [-0.2, 0) is 28.9 Å². The van der Waals surface area contributed by atoms with Gasteiger partial charge in [0, 0.05) is 32.5 Å². The minimum atomic E-state index is -0.592. The summed E-state index contributed by atoms with van der Waals surface area (Å²) in [5.74, 6) is 1.33.